The first kappa shape index (κ1) is 18.5. The van der Waals surface area contributed by atoms with E-state index in [4.69, 9.17) is 9.47 Å². The van der Waals surface area contributed by atoms with Crippen LogP contribution in [0, 0.1) is 10.1 Å². The van der Waals surface area contributed by atoms with E-state index in [-0.39, 0.29) is 36.4 Å². The summed E-state index contributed by atoms with van der Waals surface area (Å²) >= 11 is 0. The van der Waals surface area contributed by atoms with Crippen LogP contribution in [-0.2, 0) is 0 Å². The predicted molar refractivity (Wildman–Crippen MR) is 101 cm³/mol. The third kappa shape index (κ3) is 5.10. The molecule has 27 heavy (non-hydrogen) atoms. The topological polar surface area (TPSA) is 103 Å². The highest BCUT2D eigenvalue weighted by atomic mass is 16.6. The van der Waals surface area contributed by atoms with Gasteiger partial charge in [0.25, 0.3) is 11.6 Å². The summed E-state index contributed by atoms with van der Waals surface area (Å²) in [6, 6.07) is 11.9. The van der Waals surface area contributed by atoms with Crippen LogP contribution >= 0.6 is 0 Å². The lowest BCUT2D eigenvalue weighted by Gasteiger charge is -2.10. The molecule has 0 saturated heterocycles. The minimum atomic E-state index is -0.479. The van der Waals surface area contributed by atoms with Gasteiger partial charge in [-0.15, -0.1) is 0 Å². The van der Waals surface area contributed by atoms with Crippen LogP contribution in [0.4, 0.5) is 11.4 Å². The maximum absolute atomic E-state index is 12.2. The Morgan fingerprint density at radius 2 is 2.00 bits per heavy atom. The first-order valence-electron chi connectivity index (χ1n) is 8.67. The van der Waals surface area contributed by atoms with Crippen LogP contribution < -0.4 is 20.1 Å². The minimum absolute atomic E-state index is 0.0952. The Bertz CT molecular complexity index is 836. The maximum atomic E-state index is 12.2. The molecule has 142 valence electrons. The Kier molecular flexibility index (Phi) is 5.75. The SMILES string of the molecule is COc1cccc(OCCNC(=O)c2ccc(NC3CC3)c([N+](=O)[O-])c2)c1. The first-order chi connectivity index (χ1) is 13.1. The number of amides is 1. The molecule has 8 heteroatoms. The van der Waals surface area contributed by atoms with Crippen molar-refractivity contribution in [3.63, 3.8) is 0 Å². The van der Waals surface area contributed by atoms with E-state index in [0.717, 1.165) is 12.8 Å². The number of carbonyl (C=O) groups excluding carboxylic acids is 1. The molecule has 0 spiro atoms. The summed E-state index contributed by atoms with van der Waals surface area (Å²) in [5, 5.41) is 17.1. The summed E-state index contributed by atoms with van der Waals surface area (Å²) in [5.41, 5.74) is 0.590. The number of benzene rings is 2. The zero-order chi connectivity index (χ0) is 19.2. The van der Waals surface area contributed by atoms with Gasteiger partial charge < -0.3 is 20.1 Å². The summed E-state index contributed by atoms with van der Waals surface area (Å²) in [6.45, 7) is 0.536. The van der Waals surface area contributed by atoms with E-state index in [1.807, 2.05) is 12.1 Å². The van der Waals surface area contributed by atoms with Gasteiger partial charge in [-0.2, -0.15) is 0 Å². The van der Waals surface area contributed by atoms with Crippen LogP contribution in [0.3, 0.4) is 0 Å². The average Bonchev–Trinajstić information content (AvgIpc) is 3.49. The van der Waals surface area contributed by atoms with E-state index >= 15 is 0 Å². The van der Waals surface area contributed by atoms with Gasteiger partial charge >= 0.3 is 0 Å². The normalized spacial score (nSPS) is 12.9. The van der Waals surface area contributed by atoms with Gasteiger partial charge in [-0.25, -0.2) is 0 Å². The quantitative estimate of drug-likeness (QED) is 0.399. The van der Waals surface area contributed by atoms with Gasteiger partial charge in [0.05, 0.1) is 18.6 Å². The van der Waals surface area contributed by atoms with E-state index in [9.17, 15) is 14.9 Å². The van der Waals surface area contributed by atoms with Crippen LogP contribution in [0.25, 0.3) is 0 Å². The molecule has 1 saturated carbocycles. The molecule has 1 fully saturated rings. The Morgan fingerprint density at radius 3 is 2.70 bits per heavy atom. The molecule has 1 aliphatic carbocycles. The molecule has 8 nitrogen and oxygen atoms in total. The lowest BCUT2D eigenvalue weighted by Crippen LogP contribution is -2.28. The lowest BCUT2D eigenvalue weighted by atomic mass is 10.1. The molecule has 1 amide bonds. The van der Waals surface area contributed by atoms with Crippen molar-refractivity contribution in [3.05, 3.63) is 58.1 Å². The summed E-state index contributed by atoms with van der Waals surface area (Å²) in [6.07, 6.45) is 2.01. The predicted octanol–water partition coefficient (Wildman–Crippen LogP) is 2.99. The molecular weight excluding hydrogens is 350 g/mol. The van der Waals surface area contributed by atoms with Gasteiger partial charge in [-0.1, -0.05) is 6.07 Å². The largest absolute Gasteiger partial charge is 0.497 e. The van der Waals surface area contributed by atoms with E-state index < -0.39 is 4.92 Å². The van der Waals surface area contributed by atoms with Crippen LogP contribution in [0.15, 0.2) is 42.5 Å². The molecule has 2 aromatic rings. The number of hydrogen-bond acceptors (Lipinski definition) is 6. The molecule has 2 N–H and O–H groups in total. The number of ether oxygens (including phenoxy) is 2. The van der Waals surface area contributed by atoms with Crippen LogP contribution in [0.2, 0.25) is 0 Å². The fourth-order valence-electron chi connectivity index (χ4n) is 2.52. The molecule has 0 heterocycles. The van der Waals surface area contributed by atoms with Crippen molar-refractivity contribution < 1.29 is 19.2 Å². The molecule has 0 atom stereocenters. The number of carbonyl (C=O) groups is 1. The van der Waals surface area contributed by atoms with Crippen molar-refractivity contribution in [1.29, 1.82) is 0 Å². The Hall–Kier alpha value is -3.29. The molecule has 2 aromatic carbocycles. The lowest BCUT2D eigenvalue weighted by molar-refractivity contribution is -0.384. The molecule has 0 radical (unpaired) electrons. The van der Waals surface area contributed by atoms with Gasteiger partial charge in [0.1, 0.15) is 23.8 Å². The molecular formula is C19H21N3O5. The van der Waals surface area contributed by atoms with Gasteiger partial charge in [0, 0.05) is 23.7 Å². The first-order valence-corrected chi connectivity index (χ1v) is 8.67. The number of anilines is 1. The molecule has 0 aliphatic heterocycles. The number of hydrogen-bond donors (Lipinski definition) is 2. The maximum Gasteiger partial charge on any atom is 0.293 e. The molecule has 0 aromatic heterocycles. The standard InChI is InChI=1S/C19H21N3O5/c1-26-15-3-2-4-16(12-15)27-10-9-20-19(23)13-5-8-17(21-14-6-7-14)18(11-13)22(24)25/h2-5,8,11-12,14,21H,6-7,9-10H2,1H3,(H,20,23). The highest BCUT2D eigenvalue weighted by Gasteiger charge is 2.25. The highest BCUT2D eigenvalue weighted by Crippen LogP contribution is 2.31. The van der Waals surface area contributed by atoms with Gasteiger partial charge in [-0.05, 0) is 37.1 Å². The fourth-order valence-corrected chi connectivity index (χ4v) is 2.52. The summed E-state index contributed by atoms with van der Waals surface area (Å²) < 4.78 is 10.7. The third-order valence-electron chi connectivity index (χ3n) is 4.09. The Labute approximate surface area is 156 Å². The van der Waals surface area contributed by atoms with Crippen LogP contribution in [-0.4, -0.2) is 37.1 Å². The monoisotopic (exact) mass is 371 g/mol. The smallest absolute Gasteiger partial charge is 0.293 e. The summed E-state index contributed by atoms with van der Waals surface area (Å²) in [4.78, 5) is 23.0. The van der Waals surface area contributed by atoms with Crippen molar-refractivity contribution in [3.8, 4) is 11.5 Å². The van der Waals surface area contributed by atoms with Crippen LogP contribution in [0.5, 0.6) is 11.5 Å². The van der Waals surface area contributed by atoms with E-state index in [2.05, 4.69) is 10.6 Å². The van der Waals surface area contributed by atoms with E-state index in [1.54, 1.807) is 31.4 Å². The van der Waals surface area contributed by atoms with Crippen molar-refractivity contribution in [2.75, 3.05) is 25.6 Å². The average molecular weight is 371 g/mol. The van der Waals surface area contributed by atoms with E-state index in [1.165, 1.54) is 6.07 Å². The van der Waals surface area contributed by atoms with E-state index in [0.29, 0.717) is 17.2 Å². The zero-order valence-corrected chi connectivity index (χ0v) is 14.9. The van der Waals surface area contributed by atoms with Gasteiger partial charge in [0.15, 0.2) is 0 Å². The van der Waals surface area contributed by atoms with Crippen molar-refractivity contribution in [1.82, 2.24) is 5.32 Å². The Balaban J connectivity index is 1.54. The molecule has 1 aliphatic rings. The number of nitro groups is 1. The number of rotatable bonds is 9. The van der Waals surface area contributed by atoms with Crippen molar-refractivity contribution in [2.24, 2.45) is 0 Å². The second-order valence-corrected chi connectivity index (χ2v) is 6.19. The van der Waals surface area contributed by atoms with Crippen molar-refractivity contribution >= 4 is 17.3 Å². The molecule has 3 rings (SSSR count). The van der Waals surface area contributed by atoms with Gasteiger partial charge in [0.2, 0.25) is 0 Å². The second-order valence-electron chi connectivity index (χ2n) is 6.19. The number of nitrogens with zero attached hydrogens (tertiary/aromatic N) is 1. The number of methoxy groups -OCH3 is 1. The molecule has 0 bridgehead atoms. The summed E-state index contributed by atoms with van der Waals surface area (Å²) in [7, 11) is 1.57. The molecule has 0 unspecified atom stereocenters. The summed E-state index contributed by atoms with van der Waals surface area (Å²) in [5.74, 6) is 0.934. The fraction of sp³-hybridized carbons (Fsp3) is 0.316. The van der Waals surface area contributed by atoms with Crippen molar-refractivity contribution in [2.45, 2.75) is 18.9 Å². The second kappa shape index (κ2) is 8.39. The van der Waals surface area contributed by atoms with Gasteiger partial charge in [-0.3, -0.25) is 14.9 Å². The zero-order valence-electron chi connectivity index (χ0n) is 14.9. The minimum Gasteiger partial charge on any atom is -0.497 e. The Morgan fingerprint density at radius 1 is 1.22 bits per heavy atom. The van der Waals surface area contributed by atoms with Crippen LogP contribution in [0.1, 0.15) is 23.2 Å². The highest BCUT2D eigenvalue weighted by molar-refractivity contribution is 5.95. The third-order valence-corrected chi connectivity index (χ3v) is 4.09. The number of nitro benzene ring substituents is 1. The number of nitrogens with one attached hydrogen (secondary N) is 2.